The van der Waals surface area contributed by atoms with Crippen molar-refractivity contribution in [2.45, 2.75) is 76.8 Å². The highest BCUT2D eigenvalue weighted by Gasteiger charge is 2.43. The summed E-state index contributed by atoms with van der Waals surface area (Å²) in [6.45, 7) is 2.41. The van der Waals surface area contributed by atoms with E-state index in [4.69, 9.17) is 23.7 Å². The summed E-state index contributed by atoms with van der Waals surface area (Å²) in [5.41, 5.74) is 4.27. The van der Waals surface area contributed by atoms with E-state index in [2.05, 4.69) is 48.5 Å². The van der Waals surface area contributed by atoms with Crippen molar-refractivity contribution in [3.05, 3.63) is 144 Å². The molecule has 1 aliphatic carbocycles. The molecule has 0 N–H and O–H groups in total. The molecule has 0 heterocycles. The number of benzene rings is 4. The molecular weight excluding hydrogens is 600 g/mol. The Morgan fingerprint density at radius 2 is 1.08 bits per heavy atom. The number of hydrogen-bond donors (Lipinski definition) is 0. The second-order valence-corrected chi connectivity index (χ2v) is 12.6. The first kappa shape index (κ1) is 35.7. The zero-order chi connectivity index (χ0) is 33.2. The molecule has 0 amide bonds. The van der Waals surface area contributed by atoms with Gasteiger partial charge in [0.2, 0.25) is 0 Å². The molecule has 1 unspecified atom stereocenters. The summed E-state index contributed by atoms with van der Waals surface area (Å²) >= 11 is 0. The molecule has 4 aromatic rings. The molecule has 0 aliphatic heterocycles. The Kier molecular flexibility index (Phi) is 14.9. The predicted molar refractivity (Wildman–Crippen MR) is 188 cm³/mol. The Morgan fingerprint density at radius 3 is 1.58 bits per heavy atom. The Hall–Kier alpha value is -3.65. The number of ketones is 1. The molecule has 1 saturated carbocycles. The maximum atomic E-state index is 13.6. The van der Waals surface area contributed by atoms with Crippen molar-refractivity contribution in [2.75, 3.05) is 20.3 Å². The molecule has 0 saturated heterocycles. The van der Waals surface area contributed by atoms with E-state index in [1.807, 2.05) is 72.8 Å². The molecule has 6 nitrogen and oxygen atoms in total. The first-order valence-corrected chi connectivity index (χ1v) is 17.3. The van der Waals surface area contributed by atoms with Gasteiger partial charge >= 0.3 is 0 Å². The fourth-order valence-corrected chi connectivity index (χ4v) is 6.60. The molecule has 254 valence electrons. The average Bonchev–Trinajstić information content (AvgIpc) is 3.14. The van der Waals surface area contributed by atoms with E-state index in [-0.39, 0.29) is 11.8 Å². The third-order valence-corrected chi connectivity index (χ3v) is 9.16. The van der Waals surface area contributed by atoms with Crippen LogP contribution in [0.3, 0.4) is 0 Å². The largest absolute Gasteiger partial charge is 0.385 e. The van der Waals surface area contributed by atoms with Gasteiger partial charge in [0.05, 0.1) is 39.1 Å². The second-order valence-electron chi connectivity index (χ2n) is 12.6. The van der Waals surface area contributed by atoms with Crippen molar-refractivity contribution in [3.63, 3.8) is 0 Å². The van der Waals surface area contributed by atoms with Crippen LogP contribution >= 0.6 is 0 Å². The molecule has 1 fully saturated rings. The summed E-state index contributed by atoms with van der Waals surface area (Å²) < 4.78 is 32.7. The number of rotatable bonds is 20. The van der Waals surface area contributed by atoms with Gasteiger partial charge in [-0.05, 0) is 47.4 Å². The van der Waals surface area contributed by atoms with Gasteiger partial charge in [-0.2, -0.15) is 0 Å². The molecule has 48 heavy (non-hydrogen) atoms. The lowest BCUT2D eigenvalue weighted by atomic mass is 9.73. The maximum Gasteiger partial charge on any atom is 0.136 e. The number of methoxy groups -OCH3 is 1. The third-order valence-electron chi connectivity index (χ3n) is 9.16. The first-order chi connectivity index (χ1) is 23.7. The number of ether oxygens (including phenoxy) is 5. The van der Waals surface area contributed by atoms with Gasteiger partial charge < -0.3 is 23.7 Å². The summed E-state index contributed by atoms with van der Waals surface area (Å²) in [7, 11) is 1.71. The van der Waals surface area contributed by atoms with Gasteiger partial charge in [-0.1, -0.05) is 128 Å². The monoisotopic (exact) mass is 650 g/mol. The zero-order valence-corrected chi connectivity index (χ0v) is 28.2. The van der Waals surface area contributed by atoms with E-state index in [0.29, 0.717) is 58.3 Å². The SMILES string of the molecule is COCCC([C@H]1CCCCC1=O)[C@H](OCc1ccccc1)[C@H](OCc1ccccc1)[C@@H](COCc1ccccc1)OCc1ccccc1. The molecule has 1 aliphatic rings. The van der Waals surface area contributed by atoms with Crippen molar-refractivity contribution in [1.82, 2.24) is 0 Å². The normalized spacial score (nSPS) is 17.4. The lowest BCUT2D eigenvalue weighted by Crippen LogP contribution is -2.51. The predicted octanol–water partition coefficient (Wildman–Crippen LogP) is 8.37. The van der Waals surface area contributed by atoms with Crippen LogP contribution in [0.25, 0.3) is 0 Å². The van der Waals surface area contributed by atoms with Crippen LogP contribution in [0.2, 0.25) is 0 Å². The molecule has 0 radical (unpaired) electrons. The molecule has 5 atom stereocenters. The average molecular weight is 651 g/mol. The summed E-state index contributed by atoms with van der Waals surface area (Å²) in [6.07, 6.45) is 2.59. The number of hydrogen-bond acceptors (Lipinski definition) is 6. The Morgan fingerprint density at radius 1 is 0.604 bits per heavy atom. The quantitative estimate of drug-likeness (QED) is 0.0958. The van der Waals surface area contributed by atoms with E-state index in [1.165, 1.54) is 0 Å². The first-order valence-electron chi connectivity index (χ1n) is 17.3. The molecule has 0 aromatic heterocycles. The van der Waals surface area contributed by atoms with Crippen molar-refractivity contribution < 1.29 is 28.5 Å². The van der Waals surface area contributed by atoms with Crippen LogP contribution in [0.4, 0.5) is 0 Å². The van der Waals surface area contributed by atoms with Gasteiger partial charge in [-0.15, -0.1) is 0 Å². The van der Waals surface area contributed by atoms with Gasteiger partial charge in [0.15, 0.2) is 0 Å². The Balaban J connectivity index is 1.51. The minimum absolute atomic E-state index is 0.126. The smallest absolute Gasteiger partial charge is 0.136 e. The van der Waals surface area contributed by atoms with Crippen LogP contribution in [-0.2, 0) is 54.9 Å². The van der Waals surface area contributed by atoms with Crippen molar-refractivity contribution in [3.8, 4) is 0 Å². The van der Waals surface area contributed by atoms with E-state index in [1.54, 1.807) is 7.11 Å². The summed E-state index contributed by atoms with van der Waals surface area (Å²) in [5, 5.41) is 0. The van der Waals surface area contributed by atoms with E-state index in [9.17, 15) is 4.79 Å². The molecule has 0 spiro atoms. The Labute approximate surface area is 286 Å². The van der Waals surface area contributed by atoms with E-state index >= 15 is 0 Å². The highest BCUT2D eigenvalue weighted by Crippen LogP contribution is 2.36. The minimum Gasteiger partial charge on any atom is -0.385 e. The highest BCUT2D eigenvalue weighted by atomic mass is 16.6. The highest BCUT2D eigenvalue weighted by molar-refractivity contribution is 5.82. The lowest BCUT2D eigenvalue weighted by molar-refractivity contribution is -0.188. The lowest BCUT2D eigenvalue weighted by Gasteiger charge is -2.41. The van der Waals surface area contributed by atoms with Gasteiger partial charge in [-0.3, -0.25) is 4.79 Å². The van der Waals surface area contributed by atoms with Gasteiger partial charge in [-0.25, -0.2) is 0 Å². The maximum absolute atomic E-state index is 13.6. The zero-order valence-electron chi connectivity index (χ0n) is 28.2. The van der Waals surface area contributed by atoms with Crippen molar-refractivity contribution in [1.29, 1.82) is 0 Å². The van der Waals surface area contributed by atoms with Crippen LogP contribution in [-0.4, -0.2) is 44.4 Å². The van der Waals surface area contributed by atoms with Crippen LogP contribution in [0.5, 0.6) is 0 Å². The van der Waals surface area contributed by atoms with Crippen molar-refractivity contribution in [2.24, 2.45) is 11.8 Å². The molecule has 4 aromatic carbocycles. The minimum atomic E-state index is -0.537. The Bertz CT molecular complexity index is 1430. The van der Waals surface area contributed by atoms with E-state index < -0.39 is 18.3 Å². The van der Waals surface area contributed by atoms with Crippen LogP contribution in [0.15, 0.2) is 121 Å². The summed E-state index contributed by atoms with van der Waals surface area (Å²) in [6, 6.07) is 40.7. The number of Topliss-reactive ketones (excluding diaryl/α,β-unsaturated/α-hetero) is 1. The van der Waals surface area contributed by atoms with Gasteiger partial charge in [0.1, 0.15) is 18.0 Å². The third kappa shape index (κ3) is 11.2. The second kappa shape index (κ2) is 20.0. The van der Waals surface area contributed by atoms with Gasteiger partial charge in [0, 0.05) is 26.1 Å². The molecular formula is C42H50O6. The molecule has 6 heteroatoms. The van der Waals surface area contributed by atoms with E-state index in [0.717, 1.165) is 41.5 Å². The fourth-order valence-electron chi connectivity index (χ4n) is 6.60. The summed E-state index contributed by atoms with van der Waals surface area (Å²) in [4.78, 5) is 13.6. The summed E-state index contributed by atoms with van der Waals surface area (Å²) in [5.74, 6) is 0.0382. The molecule has 0 bridgehead atoms. The van der Waals surface area contributed by atoms with Crippen LogP contribution in [0.1, 0.15) is 54.4 Å². The number of carbonyl (C=O) groups is 1. The van der Waals surface area contributed by atoms with Gasteiger partial charge in [0.25, 0.3) is 0 Å². The van der Waals surface area contributed by atoms with Crippen LogP contribution < -0.4 is 0 Å². The van der Waals surface area contributed by atoms with Crippen LogP contribution in [0, 0.1) is 11.8 Å². The topological polar surface area (TPSA) is 63.2 Å². The standard InChI is InChI=1S/C42H50O6/c1-44-27-26-38(37-24-14-15-25-39(37)43)41(47-30-35-20-10-4-11-21-35)42(48-31-36-22-12-5-13-23-36)40(46-29-34-18-8-3-9-19-34)32-45-28-33-16-6-2-7-17-33/h2-13,16-23,37-38,40-42H,14-15,24-32H2,1H3/t37-,38?,40-,41+,42-/m1/s1. The van der Waals surface area contributed by atoms with Crippen molar-refractivity contribution >= 4 is 5.78 Å². The fraction of sp³-hybridized carbons (Fsp3) is 0.405. The number of carbonyl (C=O) groups excluding carboxylic acids is 1. The molecule has 5 rings (SSSR count).